The van der Waals surface area contributed by atoms with Crippen LogP contribution in [0.1, 0.15) is 0 Å². The van der Waals surface area contributed by atoms with Crippen LogP contribution in [-0.2, 0) is 0 Å². The molecular formula is C19H14N2OS. The van der Waals surface area contributed by atoms with Crippen molar-refractivity contribution in [3.63, 3.8) is 0 Å². The van der Waals surface area contributed by atoms with Crippen LogP contribution in [0.3, 0.4) is 0 Å². The third-order valence-electron chi connectivity index (χ3n) is 3.73. The average Bonchev–Trinajstić information content (AvgIpc) is 3.24. The number of nitrogens with one attached hydrogen (secondary N) is 1. The van der Waals surface area contributed by atoms with Gasteiger partial charge in [-0.25, -0.2) is 4.68 Å². The molecule has 4 heteroatoms. The van der Waals surface area contributed by atoms with Gasteiger partial charge < -0.3 is 0 Å². The third kappa shape index (κ3) is 2.43. The molecule has 0 saturated heterocycles. The second-order valence-electron chi connectivity index (χ2n) is 5.18. The van der Waals surface area contributed by atoms with E-state index in [1.165, 1.54) is 0 Å². The number of benzene rings is 2. The van der Waals surface area contributed by atoms with Crippen LogP contribution in [0.25, 0.3) is 27.4 Å². The van der Waals surface area contributed by atoms with Gasteiger partial charge in [0.25, 0.3) is 5.56 Å². The molecule has 23 heavy (non-hydrogen) atoms. The van der Waals surface area contributed by atoms with Gasteiger partial charge in [-0.15, -0.1) is 11.3 Å². The Bertz CT molecular complexity index is 967. The zero-order valence-corrected chi connectivity index (χ0v) is 13.1. The molecule has 2 aromatic carbocycles. The van der Waals surface area contributed by atoms with Crippen molar-refractivity contribution in [2.24, 2.45) is 0 Å². The molecule has 0 radical (unpaired) electrons. The zero-order valence-electron chi connectivity index (χ0n) is 12.3. The van der Waals surface area contributed by atoms with Gasteiger partial charge in [-0.05, 0) is 23.6 Å². The smallest absolute Gasteiger partial charge is 0.280 e. The first kappa shape index (κ1) is 13.8. The van der Waals surface area contributed by atoms with Gasteiger partial charge in [0.1, 0.15) is 0 Å². The molecule has 0 aliphatic heterocycles. The van der Waals surface area contributed by atoms with Gasteiger partial charge in [0.05, 0.1) is 16.9 Å². The molecule has 4 rings (SSSR count). The maximum Gasteiger partial charge on any atom is 0.280 e. The Morgan fingerprint density at radius 3 is 2.17 bits per heavy atom. The van der Waals surface area contributed by atoms with Crippen LogP contribution in [0.2, 0.25) is 0 Å². The van der Waals surface area contributed by atoms with Crippen molar-refractivity contribution in [2.45, 2.75) is 0 Å². The molecule has 0 atom stereocenters. The van der Waals surface area contributed by atoms with Crippen molar-refractivity contribution in [1.82, 2.24) is 9.78 Å². The summed E-state index contributed by atoms with van der Waals surface area (Å²) in [6.45, 7) is 0. The third-order valence-corrected chi connectivity index (χ3v) is 4.62. The maximum atomic E-state index is 13.0. The van der Waals surface area contributed by atoms with Crippen LogP contribution in [0, 0.1) is 0 Å². The van der Waals surface area contributed by atoms with Gasteiger partial charge >= 0.3 is 0 Å². The number of hydrogen-bond donors (Lipinski definition) is 1. The number of rotatable bonds is 3. The highest BCUT2D eigenvalue weighted by atomic mass is 32.1. The monoisotopic (exact) mass is 318 g/mol. The van der Waals surface area contributed by atoms with E-state index in [2.05, 4.69) is 5.10 Å². The van der Waals surface area contributed by atoms with Crippen molar-refractivity contribution in [1.29, 1.82) is 0 Å². The van der Waals surface area contributed by atoms with Crippen molar-refractivity contribution >= 4 is 11.3 Å². The first-order chi connectivity index (χ1) is 11.3. The first-order valence-electron chi connectivity index (χ1n) is 7.34. The molecule has 0 spiro atoms. The number of para-hydroxylation sites is 1. The molecule has 0 saturated carbocycles. The molecule has 112 valence electrons. The van der Waals surface area contributed by atoms with Crippen LogP contribution >= 0.6 is 11.3 Å². The largest absolute Gasteiger partial charge is 0.290 e. The minimum Gasteiger partial charge on any atom is -0.290 e. The molecule has 0 fully saturated rings. The molecule has 4 aromatic rings. The maximum absolute atomic E-state index is 13.0. The number of aromatic amines is 1. The van der Waals surface area contributed by atoms with Crippen LogP contribution < -0.4 is 5.56 Å². The minimum atomic E-state index is -0.0301. The summed E-state index contributed by atoms with van der Waals surface area (Å²) in [6.07, 6.45) is 0. The second-order valence-corrected chi connectivity index (χ2v) is 6.13. The highest BCUT2D eigenvalue weighted by Gasteiger charge is 2.18. The molecule has 1 N–H and O–H groups in total. The quantitative estimate of drug-likeness (QED) is 0.591. The fourth-order valence-electron chi connectivity index (χ4n) is 2.66. The average molecular weight is 318 g/mol. The van der Waals surface area contributed by atoms with Crippen molar-refractivity contribution < 1.29 is 0 Å². The fraction of sp³-hybridized carbons (Fsp3) is 0. The van der Waals surface area contributed by atoms with Crippen molar-refractivity contribution in [3.05, 3.63) is 88.5 Å². The lowest BCUT2D eigenvalue weighted by Gasteiger charge is -2.02. The topological polar surface area (TPSA) is 37.8 Å². The Morgan fingerprint density at radius 2 is 1.52 bits per heavy atom. The molecular weight excluding hydrogens is 304 g/mol. The summed E-state index contributed by atoms with van der Waals surface area (Å²) in [5.41, 5.74) is 3.37. The molecule has 0 bridgehead atoms. The van der Waals surface area contributed by atoms with E-state index >= 15 is 0 Å². The fourth-order valence-corrected chi connectivity index (χ4v) is 3.43. The van der Waals surface area contributed by atoms with Crippen LogP contribution in [0.5, 0.6) is 0 Å². The molecule has 0 amide bonds. The van der Waals surface area contributed by atoms with Crippen molar-refractivity contribution in [3.8, 4) is 27.4 Å². The number of H-pyrrole nitrogens is 1. The first-order valence-corrected chi connectivity index (χ1v) is 8.22. The lowest BCUT2D eigenvalue weighted by atomic mass is 10.1. The van der Waals surface area contributed by atoms with Crippen molar-refractivity contribution in [2.75, 3.05) is 0 Å². The Hall–Kier alpha value is -2.85. The van der Waals surface area contributed by atoms with E-state index in [0.29, 0.717) is 0 Å². The zero-order chi connectivity index (χ0) is 15.6. The highest BCUT2D eigenvalue weighted by molar-refractivity contribution is 7.13. The Labute approximate surface area is 137 Å². The molecule has 2 aromatic heterocycles. The van der Waals surface area contributed by atoms with Gasteiger partial charge in [0, 0.05) is 10.4 Å². The second kappa shape index (κ2) is 5.74. The summed E-state index contributed by atoms with van der Waals surface area (Å²) in [5, 5.41) is 5.27. The standard InChI is InChI=1S/C19H14N2OS/c22-19-17(16-12-7-13-23-16)18(14-8-3-1-4-9-14)20-21(19)15-10-5-2-6-11-15/h1-13,20H. The van der Waals surface area contributed by atoms with E-state index in [1.54, 1.807) is 16.0 Å². The van der Waals surface area contributed by atoms with E-state index < -0.39 is 0 Å². The predicted octanol–water partition coefficient (Wildman–Crippen LogP) is 4.56. The Kier molecular flexibility index (Phi) is 3.44. The number of aromatic nitrogens is 2. The number of thiophene rings is 1. The van der Waals surface area contributed by atoms with Crippen LogP contribution in [-0.4, -0.2) is 9.78 Å². The normalized spacial score (nSPS) is 10.8. The summed E-state index contributed by atoms with van der Waals surface area (Å²) in [4.78, 5) is 14.0. The Balaban J connectivity index is 2.00. The van der Waals surface area contributed by atoms with E-state index in [1.807, 2.05) is 78.2 Å². The van der Waals surface area contributed by atoms with E-state index in [9.17, 15) is 4.79 Å². The summed E-state index contributed by atoms with van der Waals surface area (Å²) in [6, 6.07) is 23.5. The molecule has 2 heterocycles. The lowest BCUT2D eigenvalue weighted by Crippen LogP contribution is -2.15. The lowest BCUT2D eigenvalue weighted by molar-refractivity contribution is 0.853. The summed E-state index contributed by atoms with van der Waals surface area (Å²) in [7, 11) is 0. The summed E-state index contributed by atoms with van der Waals surface area (Å²) in [5.74, 6) is 0. The van der Waals surface area contributed by atoms with Gasteiger partial charge in [0.15, 0.2) is 0 Å². The number of nitrogens with zero attached hydrogens (tertiary/aromatic N) is 1. The van der Waals surface area contributed by atoms with E-state index in [4.69, 9.17) is 0 Å². The van der Waals surface area contributed by atoms with Crippen LogP contribution in [0.4, 0.5) is 0 Å². The minimum absolute atomic E-state index is 0.0301. The molecule has 3 nitrogen and oxygen atoms in total. The molecule has 0 aliphatic rings. The van der Waals surface area contributed by atoms with Gasteiger partial charge in [-0.1, -0.05) is 54.6 Å². The predicted molar refractivity (Wildman–Crippen MR) is 95.1 cm³/mol. The highest BCUT2D eigenvalue weighted by Crippen LogP contribution is 2.31. The van der Waals surface area contributed by atoms with Crippen LogP contribution in [0.15, 0.2) is 83.0 Å². The van der Waals surface area contributed by atoms with Gasteiger partial charge in [-0.3, -0.25) is 9.89 Å². The van der Waals surface area contributed by atoms with Gasteiger partial charge in [-0.2, -0.15) is 0 Å². The van der Waals surface area contributed by atoms with Gasteiger partial charge in [0.2, 0.25) is 0 Å². The molecule has 0 aliphatic carbocycles. The molecule has 0 unspecified atom stereocenters. The van der Waals surface area contributed by atoms with E-state index in [0.717, 1.165) is 27.4 Å². The number of hydrogen-bond acceptors (Lipinski definition) is 2. The summed E-state index contributed by atoms with van der Waals surface area (Å²) < 4.78 is 1.61. The summed E-state index contributed by atoms with van der Waals surface area (Å²) >= 11 is 1.57. The van der Waals surface area contributed by atoms with E-state index in [-0.39, 0.29) is 5.56 Å². The Morgan fingerprint density at radius 1 is 0.826 bits per heavy atom. The SMILES string of the molecule is O=c1c(-c2cccs2)c(-c2ccccc2)[nH]n1-c1ccccc1.